The van der Waals surface area contributed by atoms with Crippen LogP contribution in [-0.4, -0.2) is 74.6 Å². The van der Waals surface area contributed by atoms with Crippen molar-refractivity contribution in [2.75, 3.05) is 4.93 Å². The van der Waals surface area contributed by atoms with Crippen molar-refractivity contribution in [1.29, 1.82) is 0 Å². The van der Waals surface area contributed by atoms with E-state index in [4.69, 9.17) is 27.9 Å². The fourth-order valence-corrected chi connectivity index (χ4v) is 5.23. The van der Waals surface area contributed by atoms with Crippen LogP contribution in [0.25, 0.3) is 0 Å². The van der Waals surface area contributed by atoms with Crippen LogP contribution in [0.3, 0.4) is 0 Å². The molecule has 0 atom stereocenters. The van der Waals surface area contributed by atoms with E-state index in [1.807, 2.05) is 88.0 Å². The zero-order valence-corrected chi connectivity index (χ0v) is 41.0. The topological polar surface area (TPSA) is 94.1 Å². The minimum atomic E-state index is -0.553. The van der Waals surface area contributed by atoms with Crippen molar-refractivity contribution in [2.45, 2.75) is 131 Å². The molecule has 0 aliphatic carbocycles. The summed E-state index contributed by atoms with van der Waals surface area (Å²) in [6.45, 7) is 27.5. The normalized spacial score (nSPS) is 20.3. The predicted molar refractivity (Wildman–Crippen MR) is 225 cm³/mol. The van der Waals surface area contributed by atoms with Crippen LogP contribution in [0, 0.1) is 31.3 Å². The van der Waals surface area contributed by atoms with Gasteiger partial charge in [-0.25, -0.2) is 13.2 Å². The third kappa shape index (κ3) is 13.5. The number of hydrogen-bond acceptors (Lipinski definition) is 9. The van der Waals surface area contributed by atoms with E-state index in [0.29, 0.717) is 25.5 Å². The molecule has 9 nitrogen and oxygen atoms in total. The Morgan fingerprint density at radius 2 is 0.873 bits per heavy atom. The molecule has 3 aromatic heterocycles. The van der Waals surface area contributed by atoms with Gasteiger partial charge in [0.05, 0.1) is 52.2 Å². The molecule has 6 rings (SSSR count). The van der Waals surface area contributed by atoms with Gasteiger partial charge in [0, 0.05) is 59.0 Å². The van der Waals surface area contributed by atoms with Gasteiger partial charge in [-0.1, -0.05) is 22.6 Å². The molecule has 0 bridgehead atoms. The SMILES string of the molecule is CC1(C)OB(B2OC(C)(C)C(C)(C)O2)OC1(C)C.CI.Cc1c(F)cncc1B1OC(C)(C)C(C)(C)O1.Cc1c(F)cncc1Br.Fc1cncc(Br)c1.[Pd]. The van der Waals surface area contributed by atoms with E-state index in [9.17, 15) is 13.2 Å². The standard InChI is InChI=1S/C12H24B2O4.C12H17BFNO2.C6H5BrFN.C5H3BrFN.CH3I.Pd/c1-9(2)10(3,4)16-13(15-9)14-17-11(5,6)12(7,8)18-14;1-8-9(6-15-7-10(8)14)13-16-11(2,3)12(4,5)17-13;1-4-5(7)2-9-3-6(4)8;6-4-1-5(7)3-8-2-4;1-2;/h1-8H3;6-7H,1-5H3;2-3H,1H3;1-3H;1H3;. The molecule has 6 heterocycles. The minimum absolute atomic E-state index is 0. The molecule has 3 aromatic rings. The summed E-state index contributed by atoms with van der Waals surface area (Å²) in [5, 5.41) is 0. The maximum Gasteiger partial charge on any atom is 0.496 e. The van der Waals surface area contributed by atoms with Crippen LogP contribution in [-0.2, 0) is 48.3 Å². The maximum atomic E-state index is 13.4. The van der Waals surface area contributed by atoms with Gasteiger partial charge in [-0.05, 0) is 145 Å². The third-order valence-electron chi connectivity index (χ3n) is 10.2. The maximum absolute atomic E-state index is 13.4. The summed E-state index contributed by atoms with van der Waals surface area (Å²) in [6.07, 6.45) is 8.25. The number of aromatic nitrogens is 3. The number of rotatable bonds is 2. The van der Waals surface area contributed by atoms with Crippen molar-refractivity contribution in [2.24, 2.45) is 0 Å². The van der Waals surface area contributed by atoms with Gasteiger partial charge in [-0.15, -0.1) is 0 Å². The number of pyridine rings is 3. The van der Waals surface area contributed by atoms with Gasteiger partial charge < -0.3 is 27.9 Å². The van der Waals surface area contributed by atoms with Crippen molar-refractivity contribution in [3.05, 3.63) is 80.8 Å². The molecule has 19 heteroatoms. The monoisotopic (exact) mass is 1100 g/mol. The summed E-state index contributed by atoms with van der Waals surface area (Å²) in [7, 11) is -1.50. The van der Waals surface area contributed by atoms with E-state index < -0.39 is 32.3 Å². The Bertz CT molecular complexity index is 1600. The van der Waals surface area contributed by atoms with E-state index in [2.05, 4.69) is 69.4 Å². The first kappa shape index (κ1) is 52.6. The van der Waals surface area contributed by atoms with E-state index in [0.717, 1.165) is 6.20 Å². The first-order valence-electron chi connectivity index (χ1n) is 17.2. The van der Waals surface area contributed by atoms with Crippen LogP contribution in [0.1, 0.15) is 94.2 Å². The minimum Gasteiger partial charge on any atom is -0.405 e. The summed E-state index contributed by atoms with van der Waals surface area (Å²) in [6, 6.07) is 1.35. The average molecular weight is 1110 g/mol. The van der Waals surface area contributed by atoms with Crippen molar-refractivity contribution in [1.82, 2.24) is 15.0 Å². The fourth-order valence-electron chi connectivity index (χ4n) is 4.58. The molecule has 0 radical (unpaired) electrons. The van der Waals surface area contributed by atoms with Crippen molar-refractivity contribution in [3.63, 3.8) is 0 Å². The van der Waals surface area contributed by atoms with Crippen molar-refractivity contribution >= 4 is 81.1 Å². The molecule has 3 aliphatic heterocycles. The van der Waals surface area contributed by atoms with Gasteiger partial charge in [-0.3, -0.25) is 15.0 Å². The van der Waals surface area contributed by atoms with E-state index in [-0.39, 0.29) is 60.3 Å². The van der Waals surface area contributed by atoms with Crippen LogP contribution in [0.2, 0.25) is 0 Å². The van der Waals surface area contributed by atoms with Gasteiger partial charge >= 0.3 is 21.1 Å². The van der Waals surface area contributed by atoms with Crippen LogP contribution in [0.4, 0.5) is 13.2 Å². The van der Waals surface area contributed by atoms with Gasteiger partial charge in [0.2, 0.25) is 0 Å². The van der Waals surface area contributed by atoms with E-state index in [1.165, 1.54) is 24.7 Å². The molecule has 0 saturated carbocycles. The largest absolute Gasteiger partial charge is 0.496 e. The third-order valence-corrected chi connectivity index (χ3v) is 11.5. The van der Waals surface area contributed by atoms with Crippen LogP contribution < -0.4 is 5.46 Å². The predicted octanol–water partition coefficient (Wildman–Crippen LogP) is 9.40. The zero-order valence-electron chi connectivity index (χ0n) is 34.1. The van der Waals surface area contributed by atoms with Crippen LogP contribution in [0.15, 0.2) is 52.2 Å². The molecular weight excluding hydrogens is 1050 g/mol. The Kier molecular flexibility index (Phi) is 19.8. The summed E-state index contributed by atoms with van der Waals surface area (Å²) in [5.41, 5.74) is -0.495. The molecule has 0 spiro atoms. The molecule has 0 unspecified atom stereocenters. The quantitative estimate of drug-likeness (QED) is 0.142. The second kappa shape index (κ2) is 20.7. The molecule has 0 N–H and O–H groups in total. The Morgan fingerprint density at radius 1 is 0.527 bits per heavy atom. The van der Waals surface area contributed by atoms with Gasteiger partial charge in [0.1, 0.15) is 17.5 Å². The molecule has 55 heavy (non-hydrogen) atoms. The molecule has 3 saturated heterocycles. The Labute approximate surface area is 370 Å². The van der Waals surface area contributed by atoms with Gasteiger partial charge in [0.25, 0.3) is 0 Å². The number of halogens is 6. The molecule has 308 valence electrons. The van der Waals surface area contributed by atoms with Gasteiger partial charge in [-0.2, -0.15) is 0 Å². The van der Waals surface area contributed by atoms with Gasteiger partial charge in [0.15, 0.2) is 0 Å². The number of hydrogen-bond donors (Lipinski definition) is 0. The zero-order chi connectivity index (χ0) is 41.7. The molecule has 0 aromatic carbocycles. The molecular formula is C36H52B3Br2F3IN3O6Pd. The van der Waals surface area contributed by atoms with E-state index >= 15 is 0 Å². The average Bonchev–Trinajstić information content (AvgIpc) is 3.52. The second-order valence-electron chi connectivity index (χ2n) is 15.7. The Hall–Kier alpha value is -0.453. The van der Waals surface area contributed by atoms with Crippen molar-refractivity contribution < 1.29 is 61.5 Å². The molecule has 3 fully saturated rings. The smallest absolute Gasteiger partial charge is 0.405 e. The fraction of sp³-hybridized carbons (Fsp3) is 0.583. The molecule has 0 amide bonds. The Balaban J connectivity index is 0.000000377. The first-order valence-corrected chi connectivity index (χ1v) is 20.9. The Morgan fingerprint density at radius 3 is 1.20 bits per heavy atom. The second-order valence-corrected chi connectivity index (χ2v) is 17.5. The summed E-state index contributed by atoms with van der Waals surface area (Å²) in [4.78, 5) is 13.0. The van der Waals surface area contributed by atoms with Crippen molar-refractivity contribution in [3.8, 4) is 0 Å². The van der Waals surface area contributed by atoms with Crippen LogP contribution >= 0.6 is 54.5 Å². The summed E-state index contributed by atoms with van der Waals surface area (Å²) in [5.74, 6) is -0.930. The first-order chi connectivity index (χ1) is 24.6. The summed E-state index contributed by atoms with van der Waals surface area (Å²) >= 11 is 8.35. The van der Waals surface area contributed by atoms with E-state index in [1.54, 1.807) is 26.2 Å². The number of nitrogens with zero attached hydrogens (tertiary/aromatic N) is 3. The van der Waals surface area contributed by atoms with Crippen LogP contribution in [0.5, 0.6) is 0 Å². The molecule has 3 aliphatic rings. The number of alkyl halides is 1. The summed E-state index contributed by atoms with van der Waals surface area (Å²) < 4.78 is 74.9.